The number of para-hydroxylation sites is 1. The summed E-state index contributed by atoms with van der Waals surface area (Å²) >= 11 is 0. The van der Waals surface area contributed by atoms with E-state index in [1.54, 1.807) is 0 Å². The standard InChI is InChI=1S/C22H20N2/c1-17-8-10-18(11-9-17)14-21-6-4-12-24(21)16-19-13-20-5-2-3-7-22(20)23-15-19/h2-13,15H,14,16H2,1H3. The number of aromatic nitrogens is 2. The Kier molecular flexibility index (Phi) is 3.87. The molecule has 2 heterocycles. The number of fused-ring (bicyclic) bond motifs is 1. The molecule has 2 aromatic carbocycles. The van der Waals surface area contributed by atoms with Crippen LogP contribution in [0.15, 0.2) is 79.1 Å². The molecule has 2 aromatic heterocycles. The molecule has 118 valence electrons. The van der Waals surface area contributed by atoms with E-state index in [1.165, 1.54) is 27.8 Å². The smallest absolute Gasteiger partial charge is 0.0702 e. The van der Waals surface area contributed by atoms with E-state index < -0.39 is 0 Å². The molecule has 0 aliphatic heterocycles. The summed E-state index contributed by atoms with van der Waals surface area (Å²) in [5, 5.41) is 1.20. The Bertz CT molecular complexity index is 965. The summed E-state index contributed by atoms with van der Waals surface area (Å²) in [6.45, 7) is 2.98. The lowest BCUT2D eigenvalue weighted by molar-refractivity contribution is 0.757. The molecule has 24 heavy (non-hydrogen) atoms. The zero-order valence-electron chi connectivity index (χ0n) is 13.8. The van der Waals surface area contributed by atoms with Crippen molar-refractivity contribution in [1.29, 1.82) is 0 Å². The van der Waals surface area contributed by atoms with Gasteiger partial charge in [0.2, 0.25) is 0 Å². The predicted molar refractivity (Wildman–Crippen MR) is 99.3 cm³/mol. The summed E-state index contributed by atoms with van der Waals surface area (Å²) in [6, 6.07) is 23.6. The molecule has 0 saturated carbocycles. The van der Waals surface area contributed by atoms with Crippen LogP contribution in [0.2, 0.25) is 0 Å². The summed E-state index contributed by atoms with van der Waals surface area (Å²) in [4.78, 5) is 4.57. The van der Waals surface area contributed by atoms with Crippen LogP contribution in [0, 0.1) is 6.92 Å². The third-order valence-electron chi connectivity index (χ3n) is 4.43. The van der Waals surface area contributed by atoms with Crippen molar-refractivity contribution in [2.75, 3.05) is 0 Å². The lowest BCUT2D eigenvalue weighted by atomic mass is 10.1. The van der Waals surface area contributed by atoms with E-state index in [1.807, 2.05) is 12.3 Å². The monoisotopic (exact) mass is 312 g/mol. The van der Waals surface area contributed by atoms with Crippen LogP contribution in [0.3, 0.4) is 0 Å². The van der Waals surface area contributed by atoms with Gasteiger partial charge in [-0.15, -0.1) is 0 Å². The third-order valence-corrected chi connectivity index (χ3v) is 4.43. The minimum atomic E-state index is 0.853. The third kappa shape index (κ3) is 3.09. The van der Waals surface area contributed by atoms with Crippen molar-refractivity contribution in [3.63, 3.8) is 0 Å². The normalized spacial score (nSPS) is 11.0. The molecule has 0 aliphatic rings. The molecule has 0 amide bonds. The first-order valence-electron chi connectivity index (χ1n) is 8.31. The van der Waals surface area contributed by atoms with Gasteiger partial charge in [0, 0.05) is 36.4 Å². The van der Waals surface area contributed by atoms with Gasteiger partial charge in [-0.2, -0.15) is 0 Å². The molecule has 0 N–H and O–H groups in total. The highest BCUT2D eigenvalue weighted by atomic mass is 15.0. The Hall–Kier alpha value is -2.87. The number of nitrogens with zero attached hydrogens (tertiary/aromatic N) is 2. The van der Waals surface area contributed by atoms with Crippen LogP contribution >= 0.6 is 0 Å². The first-order valence-corrected chi connectivity index (χ1v) is 8.31. The second-order valence-electron chi connectivity index (χ2n) is 6.33. The Morgan fingerprint density at radius 2 is 1.71 bits per heavy atom. The molecule has 0 fully saturated rings. The molecular weight excluding hydrogens is 292 g/mol. The SMILES string of the molecule is Cc1ccc(Cc2cccn2Cc2cnc3ccccc3c2)cc1. The maximum atomic E-state index is 4.57. The summed E-state index contributed by atoms with van der Waals surface area (Å²) in [5.74, 6) is 0. The number of rotatable bonds is 4. The summed E-state index contributed by atoms with van der Waals surface area (Å²) in [7, 11) is 0. The average molecular weight is 312 g/mol. The van der Waals surface area contributed by atoms with Crippen molar-refractivity contribution in [2.45, 2.75) is 19.9 Å². The van der Waals surface area contributed by atoms with E-state index in [0.717, 1.165) is 18.5 Å². The fourth-order valence-electron chi connectivity index (χ4n) is 3.08. The Morgan fingerprint density at radius 1 is 0.875 bits per heavy atom. The fourth-order valence-corrected chi connectivity index (χ4v) is 3.08. The van der Waals surface area contributed by atoms with Crippen molar-refractivity contribution < 1.29 is 0 Å². The van der Waals surface area contributed by atoms with Crippen LogP contribution < -0.4 is 0 Å². The fraction of sp³-hybridized carbons (Fsp3) is 0.136. The molecule has 4 aromatic rings. The summed E-state index contributed by atoms with van der Waals surface area (Å²) < 4.78 is 2.31. The molecule has 2 nitrogen and oxygen atoms in total. The van der Waals surface area contributed by atoms with Crippen molar-refractivity contribution >= 4 is 10.9 Å². The molecule has 0 saturated heterocycles. The van der Waals surface area contributed by atoms with E-state index in [9.17, 15) is 0 Å². The van der Waals surface area contributed by atoms with Crippen LogP contribution in [0.1, 0.15) is 22.4 Å². The molecule has 0 unspecified atom stereocenters. The summed E-state index contributed by atoms with van der Waals surface area (Å²) in [6.07, 6.45) is 5.09. The molecule has 0 bridgehead atoms. The van der Waals surface area contributed by atoms with E-state index in [-0.39, 0.29) is 0 Å². The average Bonchev–Trinajstić information content (AvgIpc) is 3.04. The van der Waals surface area contributed by atoms with Gasteiger partial charge in [0.1, 0.15) is 0 Å². The quantitative estimate of drug-likeness (QED) is 0.519. The van der Waals surface area contributed by atoms with Crippen molar-refractivity contribution in [1.82, 2.24) is 9.55 Å². The lowest BCUT2D eigenvalue weighted by Crippen LogP contribution is -2.04. The van der Waals surface area contributed by atoms with Gasteiger partial charge in [0.25, 0.3) is 0 Å². The van der Waals surface area contributed by atoms with E-state index in [4.69, 9.17) is 0 Å². The highest BCUT2D eigenvalue weighted by Gasteiger charge is 2.05. The molecule has 0 aliphatic carbocycles. The number of hydrogen-bond acceptors (Lipinski definition) is 1. The van der Waals surface area contributed by atoms with Gasteiger partial charge < -0.3 is 4.57 Å². The van der Waals surface area contributed by atoms with Crippen molar-refractivity contribution in [3.8, 4) is 0 Å². The van der Waals surface area contributed by atoms with Gasteiger partial charge >= 0.3 is 0 Å². The summed E-state index contributed by atoms with van der Waals surface area (Å²) in [5.41, 5.74) is 6.25. The molecule has 0 radical (unpaired) electrons. The van der Waals surface area contributed by atoms with Gasteiger partial charge in [0.15, 0.2) is 0 Å². The molecule has 0 atom stereocenters. The lowest BCUT2D eigenvalue weighted by Gasteiger charge is -2.10. The zero-order valence-corrected chi connectivity index (χ0v) is 13.8. The number of benzene rings is 2. The zero-order chi connectivity index (χ0) is 16.4. The largest absolute Gasteiger partial charge is 0.347 e. The van der Waals surface area contributed by atoms with Crippen LogP contribution in [0.25, 0.3) is 10.9 Å². The van der Waals surface area contributed by atoms with E-state index in [0.29, 0.717) is 0 Å². The van der Waals surface area contributed by atoms with Gasteiger partial charge in [-0.1, -0.05) is 48.0 Å². The Labute approximate surface area is 142 Å². The number of aryl methyl sites for hydroxylation is 1. The topological polar surface area (TPSA) is 17.8 Å². The molecule has 0 spiro atoms. The number of pyridine rings is 1. The first-order chi connectivity index (χ1) is 11.8. The highest BCUT2D eigenvalue weighted by molar-refractivity contribution is 5.78. The molecule has 2 heteroatoms. The molecular formula is C22H20N2. The van der Waals surface area contributed by atoms with Gasteiger partial charge in [0.05, 0.1) is 5.52 Å². The highest BCUT2D eigenvalue weighted by Crippen LogP contribution is 2.16. The Morgan fingerprint density at radius 3 is 2.58 bits per heavy atom. The first kappa shape index (κ1) is 14.7. The van der Waals surface area contributed by atoms with Gasteiger partial charge in [-0.25, -0.2) is 0 Å². The van der Waals surface area contributed by atoms with Crippen LogP contribution in [0.5, 0.6) is 0 Å². The Balaban J connectivity index is 1.58. The maximum Gasteiger partial charge on any atom is 0.0702 e. The minimum absolute atomic E-state index is 0.853. The van der Waals surface area contributed by atoms with E-state index >= 15 is 0 Å². The van der Waals surface area contributed by atoms with Crippen molar-refractivity contribution in [3.05, 3.63) is 102 Å². The second kappa shape index (κ2) is 6.32. The van der Waals surface area contributed by atoms with Gasteiger partial charge in [-0.3, -0.25) is 4.98 Å². The van der Waals surface area contributed by atoms with E-state index in [2.05, 4.69) is 83.3 Å². The molecule has 4 rings (SSSR count). The number of hydrogen-bond donors (Lipinski definition) is 0. The minimum Gasteiger partial charge on any atom is -0.347 e. The van der Waals surface area contributed by atoms with Gasteiger partial charge in [-0.05, 0) is 42.3 Å². The van der Waals surface area contributed by atoms with Crippen LogP contribution in [-0.4, -0.2) is 9.55 Å². The predicted octanol–water partition coefficient (Wildman–Crippen LogP) is 4.98. The van der Waals surface area contributed by atoms with Crippen molar-refractivity contribution in [2.24, 2.45) is 0 Å². The van der Waals surface area contributed by atoms with Crippen LogP contribution in [0.4, 0.5) is 0 Å². The second-order valence-corrected chi connectivity index (χ2v) is 6.33. The van der Waals surface area contributed by atoms with Crippen LogP contribution in [-0.2, 0) is 13.0 Å². The maximum absolute atomic E-state index is 4.57.